The van der Waals surface area contributed by atoms with Crippen molar-refractivity contribution in [2.24, 2.45) is 11.7 Å². The first-order chi connectivity index (χ1) is 17.3. The molecule has 0 aromatic carbocycles. The Morgan fingerprint density at radius 3 is 2.83 bits per heavy atom. The summed E-state index contributed by atoms with van der Waals surface area (Å²) in [4.78, 5) is 28.0. The summed E-state index contributed by atoms with van der Waals surface area (Å²) in [7, 11) is 0. The molecule has 2 aromatic rings. The Balaban J connectivity index is 1.30. The highest BCUT2D eigenvalue weighted by atomic mass is 35.5. The molecule has 0 bridgehead atoms. The molecule has 3 fully saturated rings. The van der Waals surface area contributed by atoms with Crippen molar-refractivity contribution in [3.8, 4) is 0 Å². The number of carbonyl (C=O) groups excluding carboxylic acids is 1. The van der Waals surface area contributed by atoms with Gasteiger partial charge in [-0.3, -0.25) is 4.90 Å². The average molecular weight is 553 g/mol. The van der Waals surface area contributed by atoms with Crippen molar-refractivity contribution in [1.29, 1.82) is 0 Å². The maximum Gasteiger partial charge on any atom is 0.322 e. The maximum atomic E-state index is 13.6. The number of amides is 2. The monoisotopic (exact) mass is 551 g/mol. The number of rotatable bonds is 8. The lowest BCUT2D eigenvalue weighted by molar-refractivity contribution is 0.132. The highest BCUT2D eigenvalue weighted by Crippen LogP contribution is 2.66. The lowest BCUT2D eigenvalue weighted by Gasteiger charge is -2.38. The summed E-state index contributed by atoms with van der Waals surface area (Å²) in [6, 6.07) is 4.34. The van der Waals surface area contributed by atoms with Crippen LogP contribution in [0.15, 0.2) is 18.3 Å². The smallest absolute Gasteiger partial charge is 0.322 e. The lowest BCUT2D eigenvalue weighted by Crippen LogP contribution is -2.54. The van der Waals surface area contributed by atoms with E-state index in [0.717, 1.165) is 50.3 Å². The number of nitrogens with zero attached hydrogens (tertiary/aromatic N) is 4. The minimum Gasteiger partial charge on any atom is -0.325 e. The lowest BCUT2D eigenvalue weighted by atomic mass is 10.0. The number of anilines is 1. The number of aromatic nitrogens is 2. The predicted molar refractivity (Wildman–Crippen MR) is 146 cm³/mol. The van der Waals surface area contributed by atoms with Gasteiger partial charge in [-0.15, -0.1) is 11.3 Å². The highest BCUT2D eigenvalue weighted by molar-refractivity contribution is 7.11. The molecule has 8 nitrogen and oxygen atoms in total. The molecule has 4 N–H and O–H groups in total. The van der Waals surface area contributed by atoms with Crippen molar-refractivity contribution in [2.75, 3.05) is 31.5 Å². The van der Waals surface area contributed by atoms with Gasteiger partial charge in [-0.1, -0.05) is 23.2 Å². The molecule has 2 amide bonds. The van der Waals surface area contributed by atoms with Crippen molar-refractivity contribution in [2.45, 2.75) is 69.6 Å². The van der Waals surface area contributed by atoms with Crippen LogP contribution in [0.5, 0.6) is 0 Å². The molecule has 1 aliphatic heterocycles. The molecule has 1 unspecified atom stereocenters. The molecular weight excluding hydrogens is 517 g/mol. The first kappa shape index (κ1) is 26.1. The van der Waals surface area contributed by atoms with Gasteiger partial charge in [-0.2, -0.15) is 0 Å². The quantitative estimate of drug-likeness (QED) is 0.422. The zero-order chi connectivity index (χ0) is 25.4. The molecule has 3 heterocycles. The van der Waals surface area contributed by atoms with Crippen LogP contribution in [0.3, 0.4) is 0 Å². The van der Waals surface area contributed by atoms with E-state index in [0.29, 0.717) is 36.8 Å². The van der Waals surface area contributed by atoms with Gasteiger partial charge in [-0.25, -0.2) is 14.8 Å². The van der Waals surface area contributed by atoms with Gasteiger partial charge in [0.05, 0.1) is 0 Å². The second-order valence-electron chi connectivity index (χ2n) is 10.5. The van der Waals surface area contributed by atoms with Crippen LogP contribution in [0.25, 0.3) is 0 Å². The van der Waals surface area contributed by atoms with Gasteiger partial charge in [0.15, 0.2) is 0 Å². The van der Waals surface area contributed by atoms with Gasteiger partial charge in [0.1, 0.15) is 15.3 Å². The SMILES string of the molecule is C[C@@H]1CN(CCCN(C(=O)Nc2cc(Cl)nc(Cl)c2)[C@@H]2CC[C@]3(c4cnc(CN)s4)CC23)[C@@H](C)CN1. The van der Waals surface area contributed by atoms with Gasteiger partial charge < -0.3 is 21.3 Å². The van der Waals surface area contributed by atoms with Crippen LogP contribution >= 0.6 is 34.5 Å². The van der Waals surface area contributed by atoms with Crippen molar-refractivity contribution in [3.05, 3.63) is 38.5 Å². The zero-order valence-electron chi connectivity index (χ0n) is 20.8. The Labute approximate surface area is 226 Å². The van der Waals surface area contributed by atoms with E-state index in [4.69, 9.17) is 28.9 Å². The molecule has 5 rings (SSSR count). The van der Waals surface area contributed by atoms with E-state index in [9.17, 15) is 4.79 Å². The van der Waals surface area contributed by atoms with E-state index < -0.39 is 0 Å². The van der Waals surface area contributed by atoms with Gasteiger partial charge in [0.2, 0.25) is 0 Å². The zero-order valence-corrected chi connectivity index (χ0v) is 23.2. The number of pyridine rings is 1. The molecule has 3 aliphatic rings. The number of hydrogen-bond acceptors (Lipinski definition) is 7. The van der Waals surface area contributed by atoms with Crippen LogP contribution in [-0.4, -0.2) is 70.1 Å². The molecule has 11 heteroatoms. The van der Waals surface area contributed by atoms with Crippen molar-refractivity contribution in [3.63, 3.8) is 0 Å². The molecular formula is C25H35Cl2N7OS. The maximum absolute atomic E-state index is 13.6. The van der Waals surface area contributed by atoms with E-state index in [-0.39, 0.29) is 27.8 Å². The normalized spacial score (nSPS) is 29.7. The largest absolute Gasteiger partial charge is 0.325 e. The standard InChI is InChI=1S/C25H35Cl2N7OS/c1-15-14-33(16(2)12-29-15)6-3-7-34(24(35)31-17-8-21(26)32-22(27)9-17)19-4-5-25(10-18(19)25)20-13-30-23(11-28)36-20/h8-9,13,15-16,18-19,29H,3-7,10-12,14,28H2,1-2H3,(H,31,32,35)/t15-,16+,18?,19-,25+/m1/s1. The average Bonchev–Trinajstić information content (AvgIpc) is 3.18. The summed E-state index contributed by atoms with van der Waals surface area (Å²) in [5.74, 6) is 0.456. The van der Waals surface area contributed by atoms with Gasteiger partial charge in [-0.05, 0) is 57.6 Å². The Morgan fingerprint density at radius 1 is 1.36 bits per heavy atom. The third-order valence-electron chi connectivity index (χ3n) is 8.12. The molecule has 196 valence electrons. The number of nitrogens with one attached hydrogen (secondary N) is 2. The van der Waals surface area contributed by atoms with Crippen molar-refractivity contribution < 1.29 is 4.79 Å². The van der Waals surface area contributed by atoms with Crippen LogP contribution in [-0.2, 0) is 12.0 Å². The minimum atomic E-state index is -0.102. The Bertz CT molecular complexity index is 1080. The minimum absolute atomic E-state index is 0.102. The van der Waals surface area contributed by atoms with E-state index in [2.05, 4.69) is 44.2 Å². The van der Waals surface area contributed by atoms with E-state index in [1.807, 2.05) is 6.20 Å². The third kappa shape index (κ3) is 5.37. The number of hydrogen-bond donors (Lipinski definition) is 3. The number of piperazine rings is 1. The van der Waals surface area contributed by atoms with Crippen LogP contribution in [0, 0.1) is 5.92 Å². The number of urea groups is 1. The molecule has 0 spiro atoms. The Kier molecular flexibility index (Phi) is 7.77. The molecule has 5 atom stereocenters. The van der Waals surface area contributed by atoms with E-state index in [1.54, 1.807) is 23.5 Å². The van der Waals surface area contributed by atoms with Crippen molar-refractivity contribution in [1.82, 2.24) is 25.1 Å². The number of halogens is 2. The molecule has 1 saturated heterocycles. The van der Waals surface area contributed by atoms with Crippen LogP contribution < -0.4 is 16.4 Å². The van der Waals surface area contributed by atoms with Crippen LogP contribution in [0.4, 0.5) is 10.5 Å². The second kappa shape index (κ2) is 10.7. The predicted octanol–water partition coefficient (Wildman–Crippen LogP) is 4.33. The summed E-state index contributed by atoms with van der Waals surface area (Å²) in [6.07, 6.45) is 6.11. The Hall–Kier alpha value is -1.49. The number of carbonyl (C=O) groups is 1. The molecule has 2 saturated carbocycles. The fraction of sp³-hybridized carbons (Fsp3) is 0.640. The topological polar surface area (TPSA) is 99.4 Å². The molecule has 2 aromatic heterocycles. The molecule has 0 radical (unpaired) electrons. The van der Waals surface area contributed by atoms with Gasteiger partial charge in [0.25, 0.3) is 0 Å². The summed E-state index contributed by atoms with van der Waals surface area (Å²) in [5.41, 5.74) is 6.54. The van der Waals surface area contributed by atoms with Crippen LogP contribution in [0.2, 0.25) is 10.3 Å². The fourth-order valence-electron chi connectivity index (χ4n) is 6.15. The third-order valence-corrected chi connectivity index (χ3v) is 9.74. The van der Waals surface area contributed by atoms with E-state index >= 15 is 0 Å². The summed E-state index contributed by atoms with van der Waals surface area (Å²) < 4.78 is 0. The number of nitrogens with two attached hydrogens (primary N) is 1. The Morgan fingerprint density at radius 2 is 2.14 bits per heavy atom. The number of thiazole rings is 1. The molecule has 36 heavy (non-hydrogen) atoms. The van der Waals surface area contributed by atoms with Gasteiger partial charge >= 0.3 is 6.03 Å². The van der Waals surface area contributed by atoms with E-state index in [1.165, 1.54) is 4.88 Å². The van der Waals surface area contributed by atoms with Crippen LogP contribution in [0.1, 0.15) is 49.4 Å². The van der Waals surface area contributed by atoms with Gasteiger partial charge in [0, 0.05) is 73.0 Å². The van der Waals surface area contributed by atoms with Crippen molar-refractivity contribution >= 4 is 46.3 Å². The summed E-state index contributed by atoms with van der Waals surface area (Å²) in [5, 5.41) is 8.08. The highest BCUT2D eigenvalue weighted by Gasteiger charge is 2.64. The number of fused-ring (bicyclic) bond motifs is 1. The second-order valence-corrected chi connectivity index (χ2v) is 12.4. The summed E-state index contributed by atoms with van der Waals surface area (Å²) >= 11 is 13.9. The first-order valence-electron chi connectivity index (χ1n) is 12.8. The first-order valence-corrected chi connectivity index (χ1v) is 14.4. The molecule has 2 aliphatic carbocycles. The fourth-order valence-corrected chi connectivity index (χ4v) is 7.70. The summed E-state index contributed by atoms with van der Waals surface area (Å²) in [6.45, 7) is 8.68.